The number of benzene rings is 1. The van der Waals surface area contributed by atoms with Crippen LogP contribution in [0, 0.1) is 18.7 Å². The zero-order chi connectivity index (χ0) is 20.3. The van der Waals surface area contributed by atoms with E-state index in [-0.39, 0.29) is 29.4 Å². The second-order valence-corrected chi connectivity index (χ2v) is 7.64. The first-order chi connectivity index (χ1) is 13.4. The number of amides is 1. The Morgan fingerprint density at radius 3 is 2.61 bits per heavy atom. The summed E-state index contributed by atoms with van der Waals surface area (Å²) in [7, 11) is 0. The van der Waals surface area contributed by atoms with E-state index in [1.807, 2.05) is 20.8 Å². The maximum absolute atomic E-state index is 13.2. The zero-order valence-corrected chi connectivity index (χ0v) is 16.7. The summed E-state index contributed by atoms with van der Waals surface area (Å²) in [6, 6.07) is 7.70. The highest BCUT2D eigenvalue weighted by Crippen LogP contribution is 2.26. The van der Waals surface area contributed by atoms with Crippen molar-refractivity contribution in [1.82, 2.24) is 20.2 Å². The molecule has 0 aliphatic carbocycles. The standard InChI is InChI=1S/C19H22FN5O2S/c1-11(2)17(13-4-6-14(20)7-5-13)22-16(26)10-28-19-24-23-18(25(19)21)15-8-9-27-12(15)3/h4-9,11,17H,10,21H2,1-3H3,(H,22,26). The van der Waals surface area contributed by atoms with Gasteiger partial charge in [0, 0.05) is 0 Å². The Bertz CT molecular complexity index is 952. The van der Waals surface area contributed by atoms with Gasteiger partial charge in [0.15, 0.2) is 5.82 Å². The van der Waals surface area contributed by atoms with E-state index in [0.717, 1.165) is 11.1 Å². The van der Waals surface area contributed by atoms with Crippen molar-refractivity contribution in [2.75, 3.05) is 11.6 Å². The monoisotopic (exact) mass is 403 g/mol. The Kier molecular flexibility index (Phi) is 6.03. The molecule has 2 heterocycles. The Balaban J connectivity index is 1.64. The minimum atomic E-state index is -0.306. The topological polar surface area (TPSA) is 99.0 Å². The molecule has 2 aromatic heterocycles. The lowest BCUT2D eigenvalue weighted by Crippen LogP contribution is -2.33. The molecule has 0 radical (unpaired) electrons. The number of carbonyl (C=O) groups excluding carboxylic acids is 1. The normalized spacial score (nSPS) is 12.3. The van der Waals surface area contributed by atoms with Gasteiger partial charge in [-0.1, -0.05) is 37.7 Å². The number of nitrogens with zero attached hydrogens (tertiary/aromatic N) is 3. The van der Waals surface area contributed by atoms with Crippen LogP contribution in [0.1, 0.15) is 31.2 Å². The molecule has 1 aromatic carbocycles. The number of halogens is 1. The van der Waals surface area contributed by atoms with Crippen LogP contribution in [-0.2, 0) is 4.79 Å². The Hall–Kier alpha value is -2.81. The van der Waals surface area contributed by atoms with Crippen LogP contribution in [0.3, 0.4) is 0 Å². The highest BCUT2D eigenvalue weighted by molar-refractivity contribution is 7.99. The number of aryl methyl sites for hydroxylation is 1. The first kappa shape index (κ1) is 19.9. The van der Waals surface area contributed by atoms with E-state index in [1.54, 1.807) is 24.5 Å². The molecular weight excluding hydrogens is 381 g/mol. The molecule has 0 bridgehead atoms. The first-order valence-corrected chi connectivity index (χ1v) is 9.78. The van der Waals surface area contributed by atoms with Gasteiger partial charge in [-0.2, -0.15) is 0 Å². The summed E-state index contributed by atoms with van der Waals surface area (Å²) in [5.41, 5.74) is 1.61. The molecule has 0 aliphatic heterocycles. The molecular formula is C19H22FN5O2S. The fourth-order valence-electron chi connectivity index (χ4n) is 2.83. The molecule has 3 rings (SSSR count). The van der Waals surface area contributed by atoms with Gasteiger partial charge < -0.3 is 15.6 Å². The Morgan fingerprint density at radius 2 is 2.00 bits per heavy atom. The van der Waals surface area contributed by atoms with Crippen LogP contribution in [0.25, 0.3) is 11.4 Å². The molecule has 1 amide bonds. The summed E-state index contributed by atoms with van der Waals surface area (Å²) in [5.74, 6) is 7.03. The summed E-state index contributed by atoms with van der Waals surface area (Å²) in [4.78, 5) is 12.5. The largest absolute Gasteiger partial charge is 0.469 e. The molecule has 9 heteroatoms. The third-order valence-corrected chi connectivity index (χ3v) is 5.25. The number of hydrogen-bond donors (Lipinski definition) is 2. The van der Waals surface area contributed by atoms with Gasteiger partial charge in [0.25, 0.3) is 0 Å². The second-order valence-electron chi connectivity index (χ2n) is 6.70. The van der Waals surface area contributed by atoms with E-state index in [2.05, 4.69) is 15.5 Å². The van der Waals surface area contributed by atoms with E-state index in [1.165, 1.54) is 28.6 Å². The van der Waals surface area contributed by atoms with Gasteiger partial charge in [0.05, 0.1) is 23.6 Å². The van der Waals surface area contributed by atoms with E-state index >= 15 is 0 Å². The molecule has 3 N–H and O–H groups in total. The van der Waals surface area contributed by atoms with Crippen molar-refractivity contribution in [3.63, 3.8) is 0 Å². The van der Waals surface area contributed by atoms with Crippen molar-refractivity contribution >= 4 is 17.7 Å². The predicted molar refractivity (Wildman–Crippen MR) is 105 cm³/mol. The number of nitrogens with one attached hydrogen (secondary N) is 1. The number of thioether (sulfide) groups is 1. The molecule has 7 nitrogen and oxygen atoms in total. The van der Waals surface area contributed by atoms with Crippen LogP contribution in [-0.4, -0.2) is 26.5 Å². The van der Waals surface area contributed by atoms with E-state index in [9.17, 15) is 9.18 Å². The number of carbonyl (C=O) groups is 1. The van der Waals surface area contributed by atoms with Crippen molar-refractivity contribution in [2.45, 2.75) is 32.0 Å². The smallest absolute Gasteiger partial charge is 0.230 e. The van der Waals surface area contributed by atoms with E-state index < -0.39 is 0 Å². The molecule has 1 unspecified atom stereocenters. The van der Waals surface area contributed by atoms with Crippen LogP contribution in [0.2, 0.25) is 0 Å². The van der Waals surface area contributed by atoms with Crippen LogP contribution >= 0.6 is 11.8 Å². The van der Waals surface area contributed by atoms with Crippen LogP contribution < -0.4 is 11.2 Å². The fraction of sp³-hybridized carbons (Fsp3) is 0.316. The van der Waals surface area contributed by atoms with Crippen molar-refractivity contribution in [1.29, 1.82) is 0 Å². The fourth-order valence-corrected chi connectivity index (χ4v) is 3.49. The maximum Gasteiger partial charge on any atom is 0.230 e. The molecule has 28 heavy (non-hydrogen) atoms. The molecule has 0 saturated heterocycles. The third kappa shape index (κ3) is 4.36. The summed E-state index contributed by atoms with van der Waals surface area (Å²) < 4.78 is 19.8. The highest BCUT2D eigenvalue weighted by atomic mass is 32.2. The van der Waals surface area contributed by atoms with E-state index in [0.29, 0.717) is 16.7 Å². The van der Waals surface area contributed by atoms with Gasteiger partial charge in [-0.05, 0) is 36.6 Å². The van der Waals surface area contributed by atoms with Crippen molar-refractivity contribution < 1.29 is 13.6 Å². The maximum atomic E-state index is 13.2. The molecule has 0 fully saturated rings. The van der Waals surface area contributed by atoms with Crippen molar-refractivity contribution in [3.05, 3.63) is 53.7 Å². The summed E-state index contributed by atoms with van der Waals surface area (Å²) in [6.07, 6.45) is 1.56. The van der Waals surface area contributed by atoms with Gasteiger partial charge in [0.2, 0.25) is 11.1 Å². The van der Waals surface area contributed by atoms with Gasteiger partial charge in [0.1, 0.15) is 11.6 Å². The molecule has 3 aromatic rings. The molecule has 1 atom stereocenters. The number of furan rings is 1. The van der Waals surface area contributed by atoms with Gasteiger partial charge in [-0.25, -0.2) is 9.07 Å². The number of aromatic nitrogens is 3. The average Bonchev–Trinajstić information content (AvgIpc) is 3.24. The minimum absolute atomic E-state index is 0.129. The number of hydrogen-bond acceptors (Lipinski definition) is 6. The number of rotatable bonds is 7. The number of nitrogens with two attached hydrogens (primary N) is 1. The Labute approximate surface area is 166 Å². The average molecular weight is 403 g/mol. The Morgan fingerprint density at radius 1 is 1.29 bits per heavy atom. The van der Waals surface area contributed by atoms with Crippen molar-refractivity contribution in [3.8, 4) is 11.4 Å². The summed E-state index contributed by atoms with van der Waals surface area (Å²) in [5, 5.41) is 11.6. The lowest BCUT2D eigenvalue weighted by Gasteiger charge is -2.23. The van der Waals surface area contributed by atoms with Gasteiger partial charge in [-0.3, -0.25) is 4.79 Å². The number of nitrogen functional groups attached to an aromatic ring is 1. The summed E-state index contributed by atoms with van der Waals surface area (Å²) >= 11 is 1.19. The first-order valence-electron chi connectivity index (χ1n) is 8.79. The molecule has 0 aliphatic rings. The van der Waals surface area contributed by atoms with Crippen LogP contribution in [0.5, 0.6) is 0 Å². The van der Waals surface area contributed by atoms with Gasteiger partial charge in [-0.15, -0.1) is 10.2 Å². The lowest BCUT2D eigenvalue weighted by molar-refractivity contribution is -0.119. The van der Waals surface area contributed by atoms with E-state index in [4.69, 9.17) is 10.3 Å². The highest BCUT2D eigenvalue weighted by Gasteiger charge is 2.20. The molecule has 148 valence electrons. The SMILES string of the molecule is Cc1occc1-c1nnc(SCC(=O)NC(c2ccc(F)cc2)C(C)C)n1N. The molecule has 0 spiro atoms. The van der Waals surface area contributed by atoms with Crippen LogP contribution in [0.15, 0.2) is 46.2 Å². The summed E-state index contributed by atoms with van der Waals surface area (Å²) in [6.45, 7) is 5.81. The third-order valence-electron chi connectivity index (χ3n) is 4.31. The molecule has 0 saturated carbocycles. The second kappa shape index (κ2) is 8.47. The lowest BCUT2D eigenvalue weighted by atomic mass is 9.96. The minimum Gasteiger partial charge on any atom is -0.469 e. The van der Waals surface area contributed by atoms with Crippen LogP contribution in [0.4, 0.5) is 4.39 Å². The predicted octanol–water partition coefficient (Wildman–Crippen LogP) is 3.31. The van der Waals surface area contributed by atoms with Gasteiger partial charge >= 0.3 is 0 Å². The zero-order valence-electron chi connectivity index (χ0n) is 15.8. The van der Waals surface area contributed by atoms with Crippen molar-refractivity contribution in [2.24, 2.45) is 5.92 Å². The quantitative estimate of drug-likeness (QED) is 0.464.